The predicted molar refractivity (Wildman–Crippen MR) is 110 cm³/mol. The molecule has 0 radical (unpaired) electrons. The number of ether oxygens (including phenoxy) is 1. The molecule has 1 aliphatic carbocycles. The van der Waals surface area contributed by atoms with Crippen molar-refractivity contribution >= 4 is 34.2 Å². The van der Waals surface area contributed by atoms with Crippen LogP contribution in [-0.2, 0) is 14.3 Å². The number of carboxylic acid groups (broad SMARTS) is 1. The van der Waals surface area contributed by atoms with E-state index < -0.39 is 23.8 Å². The second-order valence-corrected chi connectivity index (χ2v) is 8.13. The number of anilines is 1. The van der Waals surface area contributed by atoms with Gasteiger partial charge in [-0.15, -0.1) is 11.3 Å². The van der Waals surface area contributed by atoms with Gasteiger partial charge in [0.05, 0.1) is 6.61 Å². The zero-order chi connectivity index (χ0) is 21.0. The second-order valence-electron chi connectivity index (χ2n) is 7.25. The number of amides is 1. The lowest BCUT2D eigenvalue weighted by Crippen LogP contribution is -2.42. The normalized spacial score (nSPS) is 18.8. The summed E-state index contributed by atoms with van der Waals surface area (Å²) in [4.78, 5) is 36.9. The number of aliphatic carboxylic acids is 1. The zero-order valence-electron chi connectivity index (χ0n) is 16.5. The Balaban J connectivity index is 1.92. The number of carboxylic acids is 1. The average Bonchev–Trinajstić information content (AvgIpc) is 3.12. The Hall–Kier alpha value is -2.67. The molecule has 1 aromatic heterocycles. The maximum atomic E-state index is 12.9. The van der Waals surface area contributed by atoms with Gasteiger partial charge in [-0.3, -0.25) is 4.79 Å². The number of esters is 1. The number of nitrogens with one attached hydrogen (secondary N) is 1. The molecule has 0 saturated heterocycles. The fraction of sp³-hybridized carbons (Fsp3) is 0.409. The first-order chi connectivity index (χ1) is 13.9. The Morgan fingerprint density at radius 1 is 1.14 bits per heavy atom. The number of benzene rings is 1. The molecule has 1 aromatic carbocycles. The van der Waals surface area contributed by atoms with Crippen molar-refractivity contribution < 1.29 is 24.2 Å². The molecule has 1 amide bonds. The fourth-order valence-corrected chi connectivity index (χ4v) is 4.69. The number of carbonyl (C=O) groups is 3. The van der Waals surface area contributed by atoms with E-state index in [1.165, 1.54) is 11.3 Å². The van der Waals surface area contributed by atoms with Crippen LogP contribution in [0.5, 0.6) is 0 Å². The van der Waals surface area contributed by atoms with E-state index in [4.69, 9.17) is 4.74 Å². The van der Waals surface area contributed by atoms with Gasteiger partial charge in [-0.25, -0.2) is 4.79 Å². The molecule has 7 heteroatoms. The number of rotatable bonds is 6. The Labute approximate surface area is 173 Å². The van der Waals surface area contributed by atoms with Crippen molar-refractivity contribution in [1.29, 1.82) is 0 Å². The molecule has 0 spiro atoms. The van der Waals surface area contributed by atoms with Gasteiger partial charge in [-0.05, 0) is 32.3 Å². The van der Waals surface area contributed by atoms with Crippen molar-refractivity contribution in [3.05, 3.63) is 40.8 Å². The summed E-state index contributed by atoms with van der Waals surface area (Å²) in [5, 5.41) is 16.4. The van der Waals surface area contributed by atoms with Gasteiger partial charge < -0.3 is 20.0 Å². The maximum Gasteiger partial charge on any atom is 0.341 e. The van der Waals surface area contributed by atoms with E-state index in [-0.39, 0.29) is 12.5 Å². The Morgan fingerprint density at radius 2 is 1.79 bits per heavy atom. The molecule has 0 aliphatic heterocycles. The lowest BCUT2D eigenvalue weighted by atomic mass is 9.79. The number of hydrogen-bond donors (Lipinski definition) is 1. The topological polar surface area (TPSA) is 95.5 Å². The standard InChI is InChI=1S/C22H25NO5S/c1-3-28-22(27)18-17(14-10-8-13(2)9-11-14)12-29-20(18)23-19(24)15-6-4-5-7-16(15)21(25)26/h8-12,15-16H,3-7H2,1-2H3,(H,23,24)(H,25,26)/p-1/t15-,16+/m1/s1. The Bertz CT molecular complexity index is 902. The van der Waals surface area contributed by atoms with Gasteiger partial charge >= 0.3 is 5.97 Å². The molecule has 1 fully saturated rings. The Morgan fingerprint density at radius 3 is 2.41 bits per heavy atom. The van der Waals surface area contributed by atoms with E-state index in [1.54, 1.807) is 6.92 Å². The van der Waals surface area contributed by atoms with E-state index >= 15 is 0 Å². The summed E-state index contributed by atoms with van der Waals surface area (Å²) >= 11 is 1.24. The molecule has 1 heterocycles. The highest BCUT2D eigenvalue weighted by molar-refractivity contribution is 7.15. The first-order valence-corrected chi connectivity index (χ1v) is 10.7. The largest absolute Gasteiger partial charge is 0.550 e. The number of thiophene rings is 1. The van der Waals surface area contributed by atoms with Crippen LogP contribution in [0.2, 0.25) is 0 Å². The summed E-state index contributed by atoms with van der Waals surface area (Å²) in [6, 6.07) is 7.73. The minimum Gasteiger partial charge on any atom is -0.550 e. The molecule has 6 nitrogen and oxygen atoms in total. The third-order valence-electron chi connectivity index (χ3n) is 5.28. The lowest BCUT2D eigenvalue weighted by Gasteiger charge is -2.31. The summed E-state index contributed by atoms with van der Waals surface area (Å²) in [6.45, 7) is 3.92. The molecule has 0 bridgehead atoms. The third-order valence-corrected chi connectivity index (χ3v) is 6.17. The molecule has 29 heavy (non-hydrogen) atoms. The third kappa shape index (κ3) is 4.67. The first kappa shape index (κ1) is 21.0. The van der Waals surface area contributed by atoms with E-state index in [9.17, 15) is 19.5 Å². The molecule has 1 N–H and O–H groups in total. The molecule has 1 aliphatic rings. The monoisotopic (exact) mass is 414 g/mol. The summed E-state index contributed by atoms with van der Waals surface area (Å²) in [5.74, 6) is -3.55. The predicted octanol–water partition coefficient (Wildman–Crippen LogP) is 3.40. The van der Waals surface area contributed by atoms with Crippen molar-refractivity contribution in [2.24, 2.45) is 11.8 Å². The smallest absolute Gasteiger partial charge is 0.341 e. The molecule has 154 valence electrons. The van der Waals surface area contributed by atoms with Crippen LogP contribution in [0.15, 0.2) is 29.6 Å². The summed E-state index contributed by atoms with van der Waals surface area (Å²) in [5.41, 5.74) is 2.93. The fourth-order valence-electron chi connectivity index (χ4n) is 3.73. The molecule has 2 aromatic rings. The van der Waals surface area contributed by atoms with Crippen LogP contribution in [0.25, 0.3) is 11.1 Å². The lowest BCUT2D eigenvalue weighted by molar-refractivity contribution is -0.313. The van der Waals surface area contributed by atoms with Gasteiger partial charge in [0, 0.05) is 28.7 Å². The van der Waals surface area contributed by atoms with E-state index in [0.29, 0.717) is 29.0 Å². The van der Waals surface area contributed by atoms with Gasteiger partial charge in [0.15, 0.2) is 0 Å². The van der Waals surface area contributed by atoms with Crippen molar-refractivity contribution in [2.45, 2.75) is 39.5 Å². The highest BCUT2D eigenvalue weighted by Gasteiger charge is 2.33. The summed E-state index contributed by atoms with van der Waals surface area (Å²) in [7, 11) is 0. The quantitative estimate of drug-likeness (QED) is 0.731. The summed E-state index contributed by atoms with van der Waals surface area (Å²) in [6.07, 6.45) is 2.50. The van der Waals surface area contributed by atoms with Gasteiger partial charge in [0.25, 0.3) is 0 Å². The second kappa shape index (κ2) is 9.22. The van der Waals surface area contributed by atoms with Crippen molar-refractivity contribution in [1.82, 2.24) is 0 Å². The van der Waals surface area contributed by atoms with Crippen molar-refractivity contribution in [3.8, 4) is 11.1 Å². The number of carbonyl (C=O) groups excluding carboxylic acids is 3. The Kier molecular flexibility index (Phi) is 6.69. The molecule has 1 saturated carbocycles. The van der Waals surface area contributed by atoms with Crippen LogP contribution in [0.3, 0.4) is 0 Å². The first-order valence-electron chi connectivity index (χ1n) is 9.79. The van der Waals surface area contributed by atoms with Crippen LogP contribution >= 0.6 is 11.3 Å². The molecular formula is C22H24NO5S-. The van der Waals surface area contributed by atoms with Gasteiger partial charge in [0.2, 0.25) is 5.91 Å². The van der Waals surface area contributed by atoms with E-state index in [1.807, 2.05) is 36.6 Å². The highest BCUT2D eigenvalue weighted by Crippen LogP contribution is 2.38. The maximum absolute atomic E-state index is 12.9. The molecule has 3 rings (SSSR count). The van der Waals surface area contributed by atoms with Crippen LogP contribution < -0.4 is 10.4 Å². The van der Waals surface area contributed by atoms with E-state index in [2.05, 4.69) is 5.32 Å². The highest BCUT2D eigenvalue weighted by atomic mass is 32.1. The van der Waals surface area contributed by atoms with Gasteiger partial charge in [0.1, 0.15) is 10.6 Å². The summed E-state index contributed by atoms with van der Waals surface area (Å²) < 4.78 is 5.21. The van der Waals surface area contributed by atoms with Crippen LogP contribution in [-0.4, -0.2) is 24.5 Å². The van der Waals surface area contributed by atoms with Crippen LogP contribution in [0.1, 0.15) is 48.5 Å². The molecule has 2 atom stereocenters. The molecule has 0 unspecified atom stereocenters. The minimum atomic E-state index is -1.19. The number of aryl methyl sites for hydroxylation is 1. The SMILES string of the molecule is CCOC(=O)c1c(-c2ccc(C)cc2)csc1NC(=O)[C@@H]1CCCC[C@@H]1C(=O)[O-]. The minimum absolute atomic E-state index is 0.213. The average molecular weight is 415 g/mol. The van der Waals surface area contributed by atoms with Crippen LogP contribution in [0, 0.1) is 18.8 Å². The molecular weight excluding hydrogens is 390 g/mol. The zero-order valence-corrected chi connectivity index (χ0v) is 17.3. The van der Waals surface area contributed by atoms with Crippen LogP contribution in [0.4, 0.5) is 5.00 Å². The van der Waals surface area contributed by atoms with Gasteiger partial charge in [-0.2, -0.15) is 0 Å². The number of hydrogen-bond acceptors (Lipinski definition) is 6. The van der Waals surface area contributed by atoms with Crippen molar-refractivity contribution in [3.63, 3.8) is 0 Å². The van der Waals surface area contributed by atoms with E-state index in [0.717, 1.165) is 24.0 Å². The van der Waals surface area contributed by atoms with Crippen molar-refractivity contribution in [2.75, 3.05) is 11.9 Å². The van der Waals surface area contributed by atoms with Gasteiger partial charge in [-0.1, -0.05) is 42.7 Å².